The number of aryl methyl sites for hydroxylation is 1. The van der Waals surface area contributed by atoms with Crippen LogP contribution in [0.1, 0.15) is 34.8 Å². The van der Waals surface area contributed by atoms with Gasteiger partial charge in [-0.3, -0.25) is 4.98 Å². The summed E-state index contributed by atoms with van der Waals surface area (Å²) in [6, 6.07) is 7.48. The maximum absolute atomic E-state index is 12.9. The topological polar surface area (TPSA) is 24.9 Å². The van der Waals surface area contributed by atoms with Gasteiger partial charge in [0, 0.05) is 9.75 Å². The van der Waals surface area contributed by atoms with E-state index in [-0.39, 0.29) is 11.9 Å². The molecule has 2 rings (SSSR count). The Balaban J connectivity index is 2.27. The van der Waals surface area contributed by atoms with Crippen molar-refractivity contribution in [2.75, 3.05) is 6.54 Å². The smallest absolute Gasteiger partial charge is 0.141 e. The normalized spacial score (nSPS) is 12.6. The summed E-state index contributed by atoms with van der Waals surface area (Å²) >= 11 is 1.75. The molecule has 0 saturated heterocycles. The van der Waals surface area contributed by atoms with Crippen LogP contribution < -0.4 is 5.32 Å². The van der Waals surface area contributed by atoms with Crippen LogP contribution in [0.4, 0.5) is 4.39 Å². The predicted molar refractivity (Wildman–Crippen MR) is 73.4 cm³/mol. The van der Waals surface area contributed by atoms with Gasteiger partial charge in [0.05, 0.1) is 17.9 Å². The van der Waals surface area contributed by atoms with E-state index in [4.69, 9.17) is 0 Å². The van der Waals surface area contributed by atoms with Gasteiger partial charge in [0.15, 0.2) is 0 Å². The van der Waals surface area contributed by atoms with Gasteiger partial charge in [0.1, 0.15) is 5.82 Å². The molecule has 2 heterocycles. The molecule has 1 atom stereocenters. The van der Waals surface area contributed by atoms with Crippen molar-refractivity contribution in [2.24, 2.45) is 0 Å². The SMILES string of the molecule is CCCNC(c1ccc(F)cn1)c1ccc(C)s1. The number of rotatable bonds is 5. The van der Waals surface area contributed by atoms with Gasteiger partial charge in [-0.2, -0.15) is 0 Å². The molecule has 1 N–H and O–H groups in total. The number of thiophene rings is 1. The second kappa shape index (κ2) is 6.07. The molecule has 2 aromatic heterocycles. The molecule has 0 amide bonds. The molecule has 0 aliphatic rings. The molecule has 0 aromatic carbocycles. The summed E-state index contributed by atoms with van der Waals surface area (Å²) in [5, 5.41) is 3.46. The van der Waals surface area contributed by atoms with Crippen molar-refractivity contribution in [3.8, 4) is 0 Å². The first-order valence-electron chi connectivity index (χ1n) is 6.12. The van der Waals surface area contributed by atoms with E-state index in [1.807, 2.05) is 0 Å². The second-order valence-electron chi connectivity index (χ2n) is 4.24. The lowest BCUT2D eigenvalue weighted by Crippen LogP contribution is -2.23. The minimum Gasteiger partial charge on any atom is -0.304 e. The van der Waals surface area contributed by atoms with Crippen molar-refractivity contribution in [3.63, 3.8) is 0 Å². The largest absolute Gasteiger partial charge is 0.304 e. The van der Waals surface area contributed by atoms with Crippen molar-refractivity contribution in [1.82, 2.24) is 10.3 Å². The number of hydrogen-bond acceptors (Lipinski definition) is 3. The van der Waals surface area contributed by atoms with Crippen LogP contribution >= 0.6 is 11.3 Å². The average Bonchev–Trinajstić information content (AvgIpc) is 2.78. The highest BCUT2D eigenvalue weighted by Gasteiger charge is 2.16. The van der Waals surface area contributed by atoms with Gasteiger partial charge in [0.2, 0.25) is 0 Å². The van der Waals surface area contributed by atoms with Crippen LogP contribution in [0.5, 0.6) is 0 Å². The van der Waals surface area contributed by atoms with Crippen LogP contribution in [-0.4, -0.2) is 11.5 Å². The molecule has 96 valence electrons. The summed E-state index contributed by atoms with van der Waals surface area (Å²) in [5.74, 6) is -0.296. The number of hydrogen-bond donors (Lipinski definition) is 1. The Labute approximate surface area is 111 Å². The molecule has 2 nitrogen and oxygen atoms in total. The zero-order valence-electron chi connectivity index (χ0n) is 10.6. The Morgan fingerprint density at radius 1 is 1.33 bits per heavy atom. The van der Waals surface area contributed by atoms with Gasteiger partial charge >= 0.3 is 0 Å². The van der Waals surface area contributed by atoms with Gasteiger partial charge in [-0.1, -0.05) is 6.92 Å². The van der Waals surface area contributed by atoms with Crippen molar-refractivity contribution in [2.45, 2.75) is 26.3 Å². The van der Waals surface area contributed by atoms with Crippen molar-refractivity contribution in [1.29, 1.82) is 0 Å². The van der Waals surface area contributed by atoms with Crippen LogP contribution in [0.3, 0.4) is 0 Å². The van der Waals surface area contributed by atoms with Gasteiger partial charge in [-0.05, 0) is 44.2 Å². The number of nitrogens with one attached hydrogen (secondary N) is 1. The molecule has 2 aromatic rings. The lowest BCUT2D eigenvalue weighted by Gasteiger charge is -2.16. The first-order chi connectivity index (χ1) is 8.70. The highest BCUT2D eigenvalue weighted by molar-refractivity contribution is 7.12. The predicted octanol–water partition coefficient (Wildman–Crippen LogP) is 3.68. The standard InChI is InChI=1S/C14H17FN2S/c1-3-8-16-14(13-7-4-10(2)18-13)12-6-5-11(15)9-17-12/h4-7,9,14,16H,3,8H2,1-2H3. The van der Waals surface area contributed by atoms with Gasteiger partial charge in [-0.25, -0.2) is 4.39 Å². The van der Waals surface area contributed by atoms with E-state index < -0.39 is 0 Å². The fourth-order valence-electron chi connectivity index (χ4n) is 1.81. The maximum Gasteiger partial charge on any atom is 0.141 e. The zero-order valence-corrected chi connectivity index (χ0v) is 11.4. The highest BCUT2D eigenvalue weighted by atomic mass is 32.1. The third-order valence-corrected chi connectivity index (χ3v) is 3.76. The lowest BCUT2D eigenvalue weighted by atomic mass is 10.1. The van der Waals surface area contributed by atoms with Gasteiger partial charge in [0.25, 0.3) is 0 Å². The minimum absolute atomic E-state index is 0.0595. The molecule has 0 aliphatic carbocycles. The Morgan fingerprint density at radius 3 is 2.72 bits per heavy atom. The third kappa shape index (κ3) is 3.15. The zero-order chi connectivity index (χ0) is 13.0. The highest BCUT2D eigenvalue weighted by Crippen LogP contribution is 2.27. The summed E-state index contributed by atoms with van der Waals surface area (Å²) in [4.78, 5) is 6.68. The van der Waals surface area contributed by atoms with E-state index >= 15 is 0 Å². The van der Waals surface area contributed by atoms with E-state index in [1.165, 1.54) is 22.0 Å². The van der Waals surface area contributed by atoms with E-state index in [0.717, 1.165) is 18.7 Å². The van der Waals surface area contributed by atoms with E-state index in [9.17, 15) is 4.39 Å². The molecule has 0 saturated carbocycles. The molecular weight excluding hydrogens is 247 g/mol. The maximum atomic E-state index is 12.9. The molecule has 18 heavy (non-hydrogen) atoms. The Morgan fingerprint density at radius 2 is 2.17 bits per heavy atom. The molecule has 1 unspecified atom stereocenters. The Bertz CT molecular complexity index is 493. The Kier molecular flexibility index (Phi) is 4.44. The fourth-order valence-corrected chi connectivity index (χ4v) is 2.77. The summed E-state index contributed by atoms with van der Waals surface area (Å²) in [5.41, 5.74) is 0.867. The second-order valence-corrected chi connectivity index (χ2v) is 5.56. The van der Waals surface area contributed by atoms with Gasteiger partial charge in [-0.15, -0.1) is 11.3 Å². The number of nitrogens with zero attached hydrogens (tertiary/aromatic N) is 1. The molecule has 0 fully saturated rings. The van der Waals surface area contributed by atoms with Crippen molar-refractivity contribution in [3.05, 3.63) is 51.7 Å². The molecule has 0 spiro atoms. The monoisotopic (exact) mass is 264 g/mol. The van der Waals surface area contributed by atoms with Crippen LogP contribution in [0.25, 0.3) is 0 Å². The number of pyridine rings is 1. The summed E-state index contributed by atoms with van der Waals surface area (Å²) in [7, 11) is 0. The van der Waals surface area contributed by atoms with Crippen LogP contribution in [0.15, 0.2) is 30.5 Å². The molecule has 0 bridgehead atoms. The van der Waals surface area contributed by atoms with Crippen molar-refractivity contribution >= 4 is 11.3 Å². The molecule has 0 aliphatic heterocycles. The van der Waals surface area contributed by atoms with Crippen LogP contribution in [-0.2, 0) is 0 Å². The first-order valence-corrected chi connectivity index (χ1v) is 6.93. The molecule has 0 radical (unpaired) electrons. The first kappa shape index (κ1) is 13.2. The minimum atomic E-state index is -0.296. The van der Waals surface area contributed by atoms with Gasteiger partial charge < -0.3 is 5.32 Å². The van der Waals surface area contributed by atoms with E-state index in [1.54, 1.807) is 17.4 Å². The van der Waals surface area contributed by atoms with E-state index in [2.05, 4.69) is 36.3 Å². The summed E-state index contributed by atoms with van der Waals surface area (Å²) in [6.45, 7) is 5.13. The number of aromatic nitrogens is 1. The third-order valence-electron chi connectivity index (χ3n) is 2.69. The summed E-state index contributed by atoms with van der Waals surface area (Å²) < 4.78 is 12.9. The average molecular weight is 264 g/mol. The summed E-state index contributed by atoms with van der Waals surface area (Å²) in [6.07, 6.45) is 2.33. The molecular formula is C14H17FN2S. The fraction of sp³-hybridized carbons (Fsp3) is 0.357. The van der Waals surface area contributed by atoms with Crippen LogP contribution in [0, 0.1) is 12.7 Å². The lowest BCUT2D eigenvalue weighted by molar-refractivity contribution is 0.582. The Hall–Kier alpha value is -1.26. The van der Waals surface area contributed by atoms with Crippen LogP contribution in [0.2, 0.25) is 0 Å². The van der Waals surface area contributed by atoms with Crippen molar-refractivity contribution < 1.29 is 4.39 Å². The quantitative estimate of drug-likeness (QED) is 0.891. The van der Waals surface area contributed by atoms with E-state index in [0.29, 0.717) is 0 Å². The number of halogens is 1. The molecule has 4 heteroatoms.